The second kappa shape index (κ2) is 4.67. The smallest absolute Gasteiger partial charge is 0.180 e. The van der Waals surface area contributed by atoms with Crippen LogP contribution in [0.2, 0.25) is 0 Å². The van der Waals surface area contributed by atoms with Crippen molar-refractivity contribution in [1.82, 2.24) is 9.88 Å². The molecule has 72 valence electrons. The van der Waals surface area contributed by atoms with Crippen LogP contribution in [0, 0.1) is 0 Å². The van der Waals surface area contributed by atoms with Gasteiger partial charge in [-0.15, -0.1) is 0 Å². The van der Waals surface area contributed by atoms with Crippen molar-refractivity contribution in [3.63, 3.8) is 0 Å². The van der Waals surface area contributed by atoms with Crippen molar-refractivity contribution in [1.29, 1.82) is 0 Å². The molecule has 0 spiro atoms. The summed E-state index contributed by atoms with van der Waals surface area (Å²) >= 11 is 2.05. The van der Waals surface area contributed by atoms with Gasteiger partial charge in [-0.1, -0.05) is 0 Å². The molecule has 0 bridgehead atoms. The maximum Gasteiger partial charge on any atom is 0.180 e. The first-order chi connectivity index (χ1) is 6.45. The van der Waals surface area contributed by atoms with Crippen molar-refractivity contribution in [3.05, 3.63) is 18.4 Å². The molecule has 1 aromatic heterocycles. The molecule has 2 heterocycles. The number of hydrogen-bond acceptors (Lipinski definition) is 4. The lowest BCUT2D eigenvalue weighted by Gasteiger charge is -2.17. The van der Waals surface area contributed by atoms with Crippen molar-refractivity contribution >= 4 is 11.8 Å². The average molecular weight is 198 g/mol. The molecule has 0 unspecified atom stereocenters. The van der Waals surface area contributed by atoms with E-state index in [4.69, 9.17) is 4.42 Å². The van der Waals surface area contributed by atoms with Crippen LogP contribution in [-0.4, -0.2) is 34.5 Å². The van der Waals surface area contributed by atoms with Crippen LogP contribution >= 0.6 is 11.8 Å². The van der Waals surface area contributed by atoms with Gasteiger partial charge in [0.2, 0.25) is 0 Å². The van der Waals surface area contributed by atoms with Gasteiger partial charge in [0.25, 0.3) is 0 Å². The van der Waals surface area contributed by atoms with Crippen LogP contribution in [0.3, 0.4) is 0 Å². The van der Waals surface area contributed by atoms with Gasteiger partial charge in [-0.2, -0.15) is 11.8 Å². The Morgan fingerprint density at radius 2 is 2.46 bits per heavy atom. The highest BCUT2D eigenvalue weighted by Crippen LogP contribution is 2.11. The number of nitrogens with zero attached hydrogens (tertiary/aromatic N) is 2. The number of aromatic nitrogens is 1. The zero-order chi connectivity index (χ0) is 8.93. The monoisotopic (exact) mass is 198 g/mol. The molecule has 1 aliphatic heterocycles. The van der Waals surface area contributed by atoms with Crippen molar-refractivity contribution in [2.24, 2.45) is 0 Å². The fraction of sp³-hybridized carbons (Fsp3) is 0.667. The van der Waals surface area contributed by atoms with Crippen LogP contribution in [0.1, 0.15) is 12.1 Å². The Hall–Kier alpha value is -0.480. The van der Waals surface area contributed by atoms with E-state index in [0.29, 0.717) is 0 Å². The fourth-order valence-electron chi connectivity index (χ4n) is 1.50. The standard InChI is InChI=1S/C9H14N2OS/c1-2-11(3-5-13-4-1)6-9-7-12-8-10-9/h7-8H,1-6H2. The summed E-state index contributed by atoms with van der Waals surface area (Å²) in [5, 5.41) is 0. The Morgan fingerprint density at radius 3 is 3.31 bits per heavy atom. The molecule has 0 saturated carbocycles. The fourth-order valence-corrected chi connectivity index (χ4v) is 2.43. The highest BCUT2D eigenvalue weighted by Gasteiger charge is 2.10. The third-order valence-electron chi connectivity index (χ3n) is 2.18. The first-order valence-electron chi connectivity index (χ1n) is 4.62. The van der Waals surface area contributed by atoms with E-state index in [2.05, 4.69) is 9.88 Å². The van der Waals surface area contributed by atoms with Gasteiger partial charge in [0, 0.05) is 18.8 Å². The molecule has 1 fully saturated rings. The van der Waals surface area contributed by atoms with E-state index in [1.807, 2.05) is 11.8 Å². The van der Waals surface area contributed by atoms with E-state index in [1.54, 1.807) is 6.26 Å². The van der Waals surface area contributed by atoms with E-state index < -0.39 is 0 Å². The molecule has 13 heavy (non-hydrogen) atoms. The second-order valence-corrected chi connectivity index (χ2v) is 4.45. The number of oxazole rings is 1. The molecule has 0 aromatic carbocycles. The zero-order valence-electron chi connectivity index (χ0n) is 7.61. The quantitative estimate of drug-likeness (QED) is 0.722. The first-order valence-corrected chi connectivity index (χ1v) is 5.78. The molecule has 0 radical (unpaired) electrons. The number of rotatable bonds is 2. The molecule has 1 aliphatic rings. The highest BCUT2D eigenvalue weighted by atomic mass is 32.2. The summed E-state index contributed by atoms with van der Waals surface area (Å²) in [5.74, 6) is 2.55. The lowest BCUT2D eigenvalue weighted by atomic mass is 10.3. The van der Waals surface area contributed by atoms with Gasteiger partial charge in [0.1, 0.15) is 6.26 Å². The largest absolute Gasteiger partial charge is 0.451 e. The molecule has 4 heteroatoms. The van der Waals surface area contributed by atoms with E-state index in [9.17, 15) is 0 Å². The molecule has 0 amide bonds. The van der Waals surface area contributed by atoms with Gasteiger partial charge in [-0.05, 0) is 18.7 Å². The summed E-state index contributed by atoms with van der Waals surface area (Å²) in [6.45, 7) is 3.31. The van der Waals surface area contributed by atoms with Gasteiger partial charge in [0.05, 0.1) is 5.69 Å². The SMILES string of the molecule is c1nc(CN2CCCSCC2)co1. The van der Waals surface area contributed by atoms with Crippen LogP contribution in [0.5, 0.6) is 0 Å². The van der Waals surface area contributed by atoms with Crippen LogP contribution in [0.4, 0.5) is 0 Å². The number of thioether (sulfide) groups is 1. The van der Waals surface area contributed by atoms with Crippen molar-refractivity contribution in [2.45, 2.75) is 13.0 Å². The Labute approximate surface area is 82.5 Å². The van der Waals surface area contributed by atoms with Gasteiger partial charge in [0.15, 0.2) is 6.39 Å². The van der Waals surface area contributed by atoms with Gasteiger partial charge in [-0.3, -0.25) is 4.90 Å². The molecular weight excluding hydrogens is 184 g/mol. The average Bonchev–Trinajstić information content (AvgIpc) is 2.49. The van der Waals surface area contributed by atoms with Crippen LogP contribution in [-0.2, 0) is 6.54 Å². The molecule has 3 nitrogen and oxygen atoms in total. The molecule has 0 N–H and O–H groups in total. The summed E-state index contributed by atoms with van der Waals surface area (Å²) in [4.78, 5) is 6.57. The van der Waals surface area contributed by atoms with Crippen molar-refractivity contribution in [3.8, 4) is 0 Å². The summed E-state index contributed by atoms with van der Waals surface area (Å²) in [5.41, 5.74) is 1.05. The van der Waals surface area contributed by atoms with E-state index in [1.165, 1.54) is 37.4 Å². The van der Waals surface area contributed by atoms with E-state index in [-0.39, 0.29) is 0 Å². The maximum atomic E-state index is 4.94. The first kappa shape index (κ1) is 9.09. The Morgan fingerprint density at radius 1 is 1.46 bits per heavy atom. The minimum Gasteiger partial charge on any atom is -0.451 e. The Balaban J connectivity index is 1.86. The predicted molar refractivity (Wildman–Crippen MR) is 53.7 cm³/mol. The second-order valence-electron chi connectivity index (χ2n) is 3.22. The minimum absolute atomic E-state index is 0.942. The maximum absolute atomic E-state index is 4.94. The van der Waals surface area contributed by atoms with Gasteiger partial charge >= 0.3 is 0 Å². The Bertz CT molecular complexity index is 230. The third-order valence-corrected chi connectivity index (χ3v) is 3.23. The summed E-state index contributed by atoms with van der Waals surface area (Å²) in [7, 11) is 0. The van der Waals surface area contributed by atoms with Gasteiger partial charge < -0.3 is 4.42 Å². The third kappa shape index (κ3) is 2.74. The summed E-state index contributed by atoms with van der Waals surface area (Å²) < 4.78 is 4.94. The predicted octanol–water partition coefficient (Wildman–Crippen LogP) is 1.61. The zero-order valence-corrected chi connectivity index (χ0v) is 8.42. The molecule has 1 saturated heterocycles. The number of hydrogen-bond donors (Lipinski definition) is 0. The van der Waals surface area contributed by atoms with Crippen molar-refractivity contribution < 1.29 is 4.42 Å². The normalized spacial score (nSPS) is 20.0. The van der Waals surface area contributed by atoms with E-state index in [0.717, 1.165) is 12.2 Å². The molecule has 0 aliphatic carbocycles. The van der Waals surface area contributed by atoms with Crippen LogP contribution < -0.4 is 0 Å². The van der Waals surface area contributed by atoms with Crippen LogP contribution in [0.25, 0.3) is 0 Å². The molecule has 1 aromatic rings. The van der Waals surface area contributed by atoms with Gasteiger partial charge in [-0.25, -0.2) is 4.98 Å². The molecular formula is C9H14N2OS. The summed E-state index contributed by atoms with van der Waals surface area (Å²) in [6.07, 6.45) is 4.53. The lowest BCUT2D eigenvalue weighted by molar-refractivity contribution is 0.284. The minimum atomic E-state index is 0.942. The molecule has 2 rings (SSSR count). The van der Waals surface area contributed by atoms with Crippen molar-refractivity contribution in [2.75, 3.05) is 24.6 Å². The van der Waals surface area contributed by atoms with E-state index >= 15 is 0 Å². The molecule has 0 atom stereocenters. The Kier molecular flexibility index (Phi) is 3.27. The summed E-state index contributed by atoms with van der Waals surface area (Å²) in [6, 6.07) is 0. The highest BCUT2D eigenvalue weighted by molar-refractivity contribution is 7.99. The lowest BCUT2D eigenvalue weighted by Crippen LogP contribution is -2.25. The topological polar surface area (TPSA) is 29.3 Å². The van der Waals surface area contributed by atoms with Crippen LogP contribution in [0.15, 0.2) is 17.1 Å².